The lowest BCUT2D eigenvalue weighted by atomic mass is 10.3. The minimum atomic E-state index is -0.427. The smallest absolute Gasteiger partial charge is 0.260 e. The first-order valence-corrected chi connectivity index (χ1v) is 6.51. The van der Waals surface area contributed by atoms with Crippen molar-refractivity contribution in [3.8, 4) is 0 Å². The van der Waals surface area contributed by atoms with E-state index in [1.54, 1.807) is 0 Å². The van der Waals surface area contributed by atoms with E-state index in [4.69, 9.17) is 5.73 Å². The molecular formula is C11H15N3O2S. The fourth-order valence-corrected chi connectivity index (χ4v) is 2.71. The maximum absolute atomic E-state index is 11.4. The van der Waals surface area contributed by atoms with Crippen molar-refractivity contribution >= 4 is 23.2 Å². The van der Waals surface area contributed by atoms with Crippen LogP contribution in [0.1, 0.15) is 33.9 Å². The number of carbonyl (C=O) groups excluding carboxylic acids is 2. The highest BCUT2D eigenvalue weighted by Crippen LogP contribution is 2.15. The lowest BCUT2D eigenvalue weighted by Crippen LogP contribution is -2.25. The highest BCUT2D eigenvalue weighted by atomic mass is 32.1. The molecule has 17 heavy (non-hydrogen) atoms. The third-order valence-electron chi connectivity index (χ3n) is 2.79. The van der Waals surface area contributed by atoms with Crippen molar-refractivity contribution < 1.29 is 9.59 Å². The second kappa shape index (κ2) is 5.27. The molecule has 0 aliphatic carbocycles. The maximum Gasteiger partial charge on any atom is 0.260 e. The van der Waals surface area contributed by atoms with Crippen LogP contribution in [0.2, 0.25) is 0 Å². The average Bonchev–Trinajstić information content (AvgIpc) is 2.89. The summed E-state index contributed by atoms with van der Waals surface area (Å²) in [5, 5.41) is 0.908. The molecule has 1 fully saturated rings. The summed E-state index contributed by atoms with van der Waals surface area (Å²) in [6, 6.07) is 0. The molecule has 0 unspecified atom stereocenters. The van der Waals surface area contributed by atoms with Crippen LogP contribution in [0.25, 0.3) is 0 Å². The van der Waals surface area contributed by atoms with E-state index < -0.39 is 5.91 Å². The van der Waals surface area contributed by atoms with E-state index in [0.717, 1.165) is 37.4 Å². The van der Waals surface area contributed by atoms with E-state index in [9.17, 15) is 9.59 Å². The molecule has 6 heteroatoms. The van der Waals surface area contributed by atoms with Crippen LogP contribution in [0.3, 0.4) is 0 Å². The van der Waals surface area contributed by atoms with Gasteiger partial charge in [-0.1, -0.05) is 0 Å². The highest BCUT2D eigenvalue weighted by Gasteiger charge is 2.19. The van der Waals surface area contributed by atoms with E-state index in [-0.39, 0.29) is 5.91 Å². The Bertz CT molecular complexity index is 430. The number of amides is 2. The van der Waals surface area contributed by atoms with Gasteiger partial charge in [0.1, 0.15) is 4.88 Å². The van der Waals surface area contributed by atoms with Gasteiger partial charge in [0.2, 0.25) is 5.91 Å². The number of primary amides is 1. The Balaban J connectivity index is 1.77. The summed E-state index contributed by atoms with van der Waals surface area (Å²) >= 11 is 1.34. The summed E-state index contributed by atoms with van der Waals surface area (Å²) in [5.74, 6) is -0.176. The van der Waals surface area contributed by atoms with Gasteiger partial charge >= 0.3 is 0 Å². The van der Waals surface area contributed by atoms with Crippen molar-refractivity contribution in [1.82, 2.24) is 9.88 Å². The highest BCUT2D eigenvalue weighted by molar-refractivity contribution is 7.13. The van der Waals surface area contributed by atoms with Crippen LogP contribution in [0.4, 0.5) is 0 Å². The number of nitrogens with zero attached hydrogens (tertiary/aromatic N) is 2. The Kier molecular flexibility index (Phi) is 3.73. The number of carbonyl (C=O) groups is 2. The zero-order valence-electron chi connectivity index (χ0n) is 9.52. The monoisotopic (exact) mass is 253 g/mol. The molecule has 1 aromatic heterocycles. The predicted molar refractivity (Wildman–Crippen MR) is 64.8 cm³/mol. The summed E-state index contributed by atoms with van der Waals surface area (Å²) in [4.78, 5) is 28.8. The Labute approximate surface area is 104 Å². The van der Waals surface area contributed by atoms with Gasteiger partial charge in [-0.05, 0) is 12.8 Å². The SMILES string of the molecule is NC(=O)c1cnc(CCCN2CCCC2=O)s1. The van der Waals surface area contributed by atoms with Gasteiger partial charge in [0, 0.05) is 25.9 Å². The van der Waals surface area contributed by atoms with Crippen molar-refractivity contribution in [2.45, 2.75) is 25.7 Å². The predicted octanol–water partition coefficient (Wildman–Crippen LogP) is 0.797. The molecule has 1 aromatic rings. The van der Waals surface area contributed by atoms with E-state index in [2.05, 4.69) is 4.98 Å². The Morgan fingerprint density at radius 3 is 3.00 bits per heavy atom. The standard InChI is InChI=1S/C11H15N3O2S/c12-11(16)8-7-13-9(17-8)3-1-5-14-6-2-4-10(14)15/h7H,1-6H2,(H2,12,16). The lowest BCUT2D eigenvalue weighted by molar-refractivity contribution is -0.127. The second-order valence-corrected chi connectivity index (χ2v) is 5.19. The largest absolute Gasteiger partial charge is 0.365 e. The number of hydrogen-bond donors (Lipinski definition) is 1. The Morgan fingerprint density at radius 1 is 1.59 bits per heavy atom. The number of aryl methyl sites for hydroxylation is 1. The molecular weight excluding hydrogens is 238 g/mol. The number of hydrogen-bond acceptors (Lipinski definition) is 4. The minimum Gasteiger partial charge on any atom is -0.365 e. The minimum absolute atomic E-state index is 0.252. The topological polar surface area (TPSA) is 76.3 Å². The maximum atomic E-state index is 11.4. The van der Waals surface area contributed by atoms with Gasteiger partial charge in [-0.25, -0.2) is 4.98 Å². The normalized spacial score (nSPS) is 15.5. The summed E-state index contributed by atoms with van der Waals surface area (Å²) < 4.78 is 0. The van der Waals surface area contributed by atoms with Gasteiger partial charge < -0.3 is 10.6 Å². The zero-order chi connectivity index (χ0) is 12.3. The van der Waals surface area contributed by atoms with E-state index >= 15 is 0 Å². The number of nitrogens with two attached hydrogens (primary N) is 1. The number of rotatable bonds is 5. The first kappa shape index (κ1) is 12.0. The summed E-state index contributed by atoms with van der Waals surface area (Å²) in [6.07, 6.45) is 4.85. The first-order valence-electron chi connectivity index (χ1n) is 5.69. The van der Waals surface area contributed by atoms with Crippen LogP contribution in [-0.2, 0) is 11.2 Å². The van der Waals surface area contributed by atoms with Crippen LogP contribution in [0, 0.1) is 0 Å². The van der Waals surface area contributed by atoms with Gasteiger partial charge in [-0.2, -0.15) is 0 Å². The van der Waals surface area contributed by atoms with Crippen LogP contribution in [0.15, 0.2) is 6.20 Å². The molecule has 1 aliphatic rings. The van der Waals surface area contributed by atoms with E-state index in [0.29, 0.717) is 11.3 Å². The van der Waals surface area contributed by atoms with Gasteiger partial charge in [-0.15, -0.1) is 11.3 Å². The molecule has 5 nitrogen and oxygen atoms in total. The van der Waals surface area contributed by atoms with Gasteiger partial charge in [0.05, 0.1) is 11.2 Å². The number of thiazole rings is 1. The molecule has 1 aliphatic heterocycles. The van der Waals surface area contributed by atoms with Gasteiger partial charge in [0.15, 0.2) is 0 Å². The quantitative estimate of drug-likeness (QED) is 0.843. The molecule has 0 atom stereocenters. The Hall–Kier alpha value is -1.43. The lowest BCUT2D eigenvalue weighted by Gasteiger charge is -2.14. The first-order chi connectivity index (χ1) is 8.16. The fourth-order valence-electron chi connectivity index (χ4n) is 1.90. The number of likely N-dealkylation sites (tertiary alicyclic amines) is 1. The van der Waals surface area contributed by atoms with Crippen molar-refractivity contribution in [2.24, 2.45) is 5.73 Å². The molecule has 0 radical (unpaired) electrons. The summed E-state index contributed by atoms with van der Waals surface area (Å²) in [6.45, 7) is 1.66. The van der Waals surface area contributed by atoms with Crippen LogP contribution in [-0.4, -0.2) is 34.8 Å². The molecule has 2 rings (SSSR count). The average molecular weight is 253 g/mol. The van der Waals surface area contributed by atoms with Crippen molar-refractivity contribution in [3.63, 3.8) is 0 Å². The zero-order valence-corrected chi connectivity index (χ0v) is 10.3. The van der Waals surface area contributed by atoms with Gasteiger partial charge in [0.25, 0.3) is 5.91 Å². The van der Waals surface area contributed by atoms with Crippen molar-refractivity contribution in [3.05, 3.63) is 16.1 Å². The van der Waals surface area contributed by atoms with Crippen LogP contribution in [0.5, 0.6) is 0 Å². The number of aromatic nitrogens is 1. The molecule has 2 N–H and O–H groups in total. The van der Waals surface area contributed by atoms with Crippen LogP contribution >= 0.6 is 11.3 Å². The molecule has 2 heterocycles. The second-order valence-electron chi connectivity index (χ2n) is 4.07. The van der Waals surface area contributed by atoms with Gasteiger partial charge in [-0.3, -0.25) is 9.59 Å². The Morgan fingerprint density at radius 2 is 2.41 bits per heavy atom. The molecule has 0 saturated carbocycles. The summed E-state index contributed by atoms with van der Waals surface area (Å²) in [5.41, 5.74) is 5.15. The van der Waals surface area contributed by atoms with E-state index in [1.807, 2.05) is 4.90 Å². The molecule has 92 valence electrons. The summed E-state index contributed by atoms with van der Waals surface area (Å²) in [7, 11) is 0. The van der Waals surface area contributed by atoms with E-state index in [1.165, 1.54) is 17.5 Å². The third kappa shape index (κ3) is 3.03. The molecule has 2 amide bonds. The molecule has 0 aromatic carbocycles. The van der Waals surface area contributed by atoms with Crippen LogP contribution < -0.4 is 5.73 Å². The van der Waals surface area contributed by atoms with Crippen molar-refractivity contribution in [1.29, 1.82) is 0 Å². The molecule has 0 spiro atoms. The molecule has 0 bridgehead atoms. The van der Waals surface area contributed by atoms with Crippen molar-refractivity contribution in [2.75, 3.05) is 13.1 Å². The third-order valence-corrected chi connectivity index (χ3v) is 3.86. The fraction of sp³-hybridized carbons (Fsp3) is 0.545. The molecule has 1 saturated heterocycles.